The molecule has 2 atom stereocenters. The van der Waals surface area contributed by atoms with E-state index in [4.69, 9.17) is 4.74 Å². The average Bonchev–Trinajstić information content (AvgIpc) is 3.15. The highest BCUT2D eigenvalue weighted by Crippen LogP contribution is 2.44. The molecule has 3 aliphatic carbocycles. The van der Waals surface area contributed by atoms with Crippen LogP contribution in [0.2, 0.25) is 0 Å². The molecule has 7 heteroatoms. The maximum absolute atomic E-state index is 12.8. The first-order chi connectivity index (χ1) is 16.9. The molecule has 2 aromatic carbocycles. The molecule has 3 N–H and O–H groups in total. The van der Waals surface area contributed by atoms with Crippen LogP contribution in [0, 0.1) is 5.92 Å². The minimum atomic E-state index is -0.846. The zero-order valence-electron chi connectivity index (χ0n) is 19.5. The molecule has 2 amide bonds. The number of hydrogen-bond acceptors (Lipinski definition) is 4. The Kier molecular flexibility index (Phi) is 6.32. The fourth-order valence-electron chi connectivity index (χ4n) is 5.56. The number of ether oxygens (including phenoxy) is 1. The number of fused-ring (bicyclic) bond motifs is 3. The van der Waals surface area contributed by atoms with Crippen molar-refractivity contribution in [2.24, 2.45) is 5.92 Å². The van der Waals surface area contributed by atoms with Crippen LogP contribution >= 0.6 is 0 Å². The van der Waals surface area contributed by atoms with Crippen molar-refractivity contribution in [1.29, 1.82) is 0 Å². The van der Waals surface area contributed by atoms with Crippen molar-refractivity contribution in [2.45, 2.75) is 56.0 Å². The second-order valence-electron chi connectivity index (χ2n) is 9.87. The second kappa shape index (κ2) is 9.56. The van der Waals surface area contributed by atoms with Crippen LogP contribution in [0.25, 0.3) is 11.1 Å². The Hall–Kier alpha value is -3.61. The lowest BCUT2D eigenvalue weighted by Gasteiger charge is -2.42. The molecular weight excluding hydrogens is 444 g/mol. The summed E-state index contributed by atoms with van der Waals surface area (Å²) in [5.74, 6) is -1.54. The minimum Gasteiger partial charge on any atom is -0.481 e. The van der Waals surface area contributed by atoms with E-state index in [1.807, 2.05) is 30.3 Å². The third-order valence-corrected chi connectivity index (χ3v) is 7.54. The van der Waals surface area contributed by atoms with E-state index in [1.54, 1.807) is 6.08 Å². The van der Waals surface area contributed by atoms with E-state index in [0.29, 0.717) is 25.7 Å². The summed E-state index contributed by atoms with van der Waals surface area (Å²) in [6, 6.07) is 16.1. The monoisotopic (exact) mass is 474 g/mol. The lowest BCUT2D eigenvalue weighted by atomic mass is 9.74. The summed E-state index contributed by atoms with van der Waals surface area (Å²) >= 11 is 0. The molecule has 182 valence electrons. The van der Waals surface area contributed by atoms with Gasteiger partial charge >= 0.3 is 12.1 Å². The molecule has 35 heavy (non-hydrogen) atoms. The number of carbonyl (C=O) groups excluding carboxylic acids is 2. The van der Waals surface area contributed by atoms with Gasteiger partial charge in [0, 0.05) is 18.4 Å². The molecule has 0 unspecified atom stereocenters. The molecular formula is C28H30N2O5. The van der Waals surface area contributed by atoms with Gasteiger partial charge in [0.05, 0.1) is 11.5 Å². The molecule has 1 saturated carbocycles. The van der Waals surface area contributed by atoms with E-state index in [-0.39, 0.29) is 30.9 Å². The Balaban J connectivity index is 1.17. The zero-order chi connectivity index (χ0) is 24.4. The van der Waals surface area contributed by atoms with Crippen molar-refractivity contribution < 1.29 is 24.2 Å². The number of nitrogens with one attached hydrogen (secondary N) is 2. The van der Waals surface area contributed by atoms with E-state index < -0.39 is 23.5 Å². The summed E-state index contributed by atoms with van der Waals surface area (Å²) in [5, 5.41) is 15.1. The smallest absolute Gasteiger partial charge is 0.407 e. The van der Waals surface area contributed by atoms with Gasteiger partial charge < -0.3 is 20.5 Å². The first-order valence-electron chi connectivity index (χ1n) is 12.3. The van der Waals surface area contributed by atoms with Crippen molar-refractivity contribution >= 4 is 18.0 Å². The van der Waals surface area contributed by atoms with Crippen molar-refractivity contribution in [2.75, 3.05) is 6.61 Å². The van der Waals surface area contributed by atoms with Gasteiger partial charge in [-0.25, -0.2) is 4.79 Å². The number of carboxylic acid groups (broad SMARTS) is 1. The van der Waals surface area contributed by atoms with Crippen LogP contribution < -0.4 is 10.6 Å². The number of hydrogen-bond donors (Lipinski definition) is 3. The lowest BCUT2D eigenvalue weighted by molar-refractivity contribution is -0.142. The standard InChI is InChI=1S/C28H30N2O5/c31-25(29-19-8-5-7-18(15-19)26(32)33)16-28(13-6-14-28)30-27(34)35-17-24-22-11-3-1-9-20(22)21-10-2-4-12-23(21)24/h1-5,8-12,18-19,24H,6-7,13-17H2,(H,29,31)(H,30,34)(H,32,33)/t18-,19-/m1/s1. The largest absolute Gasteiger partial charge is 0.481 e. The number of amides is 2. The van der Waals surface area contributed by atoms with Crippen molar-refractivity contribution in [1.82, 2.24) is 10.6 Å². The van der Waals surface area contributed by atoms with Gasteiger partial charge in [-0.3, -0.25) is 9.59 Å². The van der Waals surface area contributed by atoms with Crippen molar-refractivity contribution in [3.05, 3.63) is 71.8 Å². The van der Waals surface area contributed by atoms with Gasteiger partial charge in [0.1, 0.15) is 6.61 Å². The Morgan fingerprint density at radius 1 is 1.00 bits per heavy atom. The van der Waals surface area contributed by atoms with Gasteiger partial charge in [-0.1, -0.05) is 60.7 Å². The number of rotatable bonds is 7. The molecule has 1 fully saturated rings. The molecule has 0 aliphatic heterocycles. The Morgan fingerprint density at radius 3 is 2.26 bits per heavy atom. The number of alkyl carbamates (subject to hydrolysis) is 1. The number of carboxylic acids is 1. The molecule has 0 bridgehead atoms. The molecule has 0 saturated heterocycles. The van der Waals surface area contributed by atoms with Gasteiger partial charge in [-0.05, 0) is 54.4 Å². The highest BCUT2D eigenvalue weighted by atomic mass is 16.5. The number of carbonyl (C=O) groups is 3. The average molecular weight is 475 g/mol. The van der Waals surface area contributed by atoms with E-state index >= 15 is 0 Å². The predicted molar refractivity (Wildman–Crippen MR) is 131 cm³/mol. The highest BCUT2D eigenvalue weighted by Gasteiger charge is 2.41. The summed E-state index contributed by atoms with van der Waals surface area (Å²) in [6.07, 6.45) is 6.51. The van der Waals surface area contributed by atoms with Crippen molar-refractivity contribution in [3.8, 4) is 11.1 Å². The maximum Gasteiger partial charge on any atom is 0.407 e. The summed E-state index contributed by atoms with van der Waals surface area (Å²) in [6.45, 7) is 0.228. The van der Waals surface area contributed by atoms with E-state index in [0.717, 1.165) is 17.5 Å². The molecule has 2 aromatic rings. The minimum absolute atomic E-state index is 0.0194. The SMILES string of the molecule is O=C(CC1(NC(=O)OCC2c3ccccc3-c3ccccc32)CCC1)N[C@@H]1C=CC[C@@H](C(=O)O)C1. The van der Waals surface area contributed by atoms with Gasteiger partial charge in [0.2, 0.25) is 5.91 Å². The normalized spacial score (nSPS) is 21.8. The van der Waals surface area contributed by atoms with Gasteiger partial charge in [-0.2, -0.15) is 0 Å². The predicted octanol–water partition coefficient (Wildman–Crippen LogP) is 4.37. The molecule has 0 heterocycles. The fraction of sp³-hybridized carbons (Fsp3) is 0.393. The van der Waals surface area contributed by atoms with Gasteiger partial charge in [0.15, 0.2) is 0 Å². The number of benzene rings is 2. The molecule has 0 aromatic heterocycles. The molecule has 3 aliphatic rings. The summed E-state index contributed by atoms with van der Waals surface area (Å²) in [7, 11) is 0. The second-order valence-corrected chi connectivity index (χ2v) is 9.87. The third-order valence-electron chi connectivity index (χ3n) is 7.54. The van der Waals surface area contributed by atoms with Crippen LogP contribution in [-0.2, 0) is 14.3 Å². The lowest BCUT2D eigenvalue weighted by Crippen LogP contribution is -2.56. The first-order valence-corrected chi connectivity index (χ1v) is 12.3. The third kappa shape index (κ3) is 4.81. The van der Waals surface area contributed by atoms with Crippen LogP contribution in [0.1, 0.15) is 55.6 Å². The first kappa shape index (κ1) is 23.1. The molecule has 0 spiro atoms. The van der Waals surface area contributed by atoms with Crippen LogP contribution in [0.5, 0.6) is 0 Å². The Bertz CT molecular complexity index is 1120. The van der Waals surface area contributed by atoms with Crippen LogP contribution in [0.15, 0.2) is 60.7 Å². The van der Waals surface area contributed by atoms with E-state index in [9.17, 15) is 19.5 Å². The van der Waals surface area contributed by atoms with Crippen LogP contribution in [-0.4, -0.2) is 41.3 Å². The quantitative estimate of drug-likeness (QED) is 0.517. The maximum atomic E-state index is 12.8. The zero-order valence-corrected chi connectivity index (χ0v) is 19.5. The molecule has 0 radical (unpaired) electrons. The summed E-state index contributed by atoms with van der Waals surface area (Å²) < 4.78 is 5.68. The highest BCUT2D eigenvalue weighted by molar-refractivity contribution is 5.81. The van der Waals surface area contributed by atoms with Gasteiger partial charge in [-0.15, -0.1) is 0 Å². The fourth-order valence-corrected chi connectivity index (χ4v) is 5.56. The molecule has 5 rings (SSSR count). The number of aliphatic carboxylic acids is 1. The van der Waals surface area contributed by atoms with Crippen LogP contribution in [0.3, 0.4) is 0 Å². The Labute approximate surface area is 204 Å². The number of allylic oxidation sites excluding steroid dienone is 1. The Morgan fingerprint density at radius 2 is 1.66 bits per heavy atom. The van der Waals surface area contributed by atoms with Crippen molar-refractivity contribution in [3.63, 3.8) is 0 Å². The van der Waals surface area contributed by atoms with Gasteiger partial charge in [0.25, 0.3) is 0 Å². The topological polar surface area (TPSA) is 105 Å². The van der Waals surface area contributed by atoms with E-state index in [1.165, 1.54) is 11.1 Å². The summed E-state index contributed by atoms with van der Waals surface area (Å²) in [4.78, 5) is 36.8. The van der Waals surface area contributed by atoms with E-state index in [2.05, 4.69) is 34.9 Å². The molecule has 7 nitrogen and oxygen atoms in total. The van der Waals surface area contributed by atoms with Crippen LogP contribution in [0.4, 0.5) is 4.79 Å². The summed E-state index contributed by atoms with van der Waals surface area (Å²) in [5.41, 5.74) is 4.04.